The van der Waals surface area contributed by atoms with Crippen LogP contribution in [0.1, 0.15) is 17.6 Å². The van der Waals surface area contributed by atoms with Gasteiger partial charge < -0.3 is 4.74 Å². The molecular weight excluding hydrogens is 214 g/mol. The van der Waals surface area contributed by atoms with Crippen molar-refractivity contribution >= 4 is 16.8 Å². The normalized spacial score (nSPS) is 17.4. The topological polar surface area (TPSA) is 31.2 Å². The molecule has 1 aliphatic heterocycles. The van der Waals surface area contributed by atoms with E-state index in [9.17, 15) is 4.79 Å². The van der Waals surface area contributed by atoms with E-state index in [1.54, 1.807) is 4.57 Å². The van der Waals surface area contributed by atoms with Crippen molar-refractivity contribution in [2.75, 3.05) is 13.2 Å². The van der Waals surface area contributed by atoms with E-state index < -0.39 is 0 Å². The second-order valence-electron chi connectivity index (χ2n) is 4.40. The molecule has 3 heteroatoms. The van der Waals surface area contributed by atoms with Crippen LogP contribution in [0.4, 0.5) is 0 Å². The van der Waals surface area contributed by atoms with Crippen molar-refractivity contribution in [2.24, 2.45) is 5.92 Å². The van der Waals surface area contributed by atoms with E-state index in [1.165, 1.54) is 0 Å². The van der Waals surface area contributed by atoms with E-state index in [-0.39, 0.29) is 11.8 Å². The fourth-order valence-corrected chi connectivity index (χ4v) is 2.36. The number of carbonyl (C=O) groups is 1. The van der Waals surface area contributed by atoms with Crippen molar-refractivity contribution in [3.8, 4) is 0 Å². The molecule has 0 unspecified atom stereocenters. The number of rotatable bonds is 1. The van der Waals surface area contributed by atoms with Crippen molar-refractivity contribution in [1.29, 1.82) is 0 Å². The molecule has 1 aromatic heterocycles. The van der Waals surface area contributed by atoms with Crippen molar-refractivity contribution in [3.63, 3.8) is 0 Å². The highest BCUT2D eigenvalue weighted by atomic mass is 16.5. The molecule has 87 valence electrons. The molecule has 0 N–H and O–H groups in total. The zero-order chi connectivity index (χ0) is 11.7. The summed E-state index contributed by atoms with van der Waals surface area (Å²) in [6, 6.07) is 10.7. The third-order valence-corrected chi connectivity index (χ3v) is 3.34. The molecule has 3 nitrogen and oxygen atoms in total. The molecule has 1 aliphatic rings. The Balaban J connectivity index is 1.95. The molecule has 0 amide bonds. The Morgan fingerprint density at radius 3 is 3.00 bits per heavy atom. The maximum absolute atomic E-state index is 12.4. The quantitative estimate of drug-likeness (QED) is 0.751. The average molecular weight is 228 g/mol. The van der Waals surface area contributed by atoms with Gasteiger partial charge in [0.2, 0.25) is 5.91 Å². The first-order valence-corrected chi connectivity index (χ1v) is 5.95. The lowest BCUT2D eigenvalue weighted by Gasteiger charge is -2.21. The fourth-order valence-electron chi connectivity index (χ4n) is 2.36. The zero-order valence-corrected chi connectivity index (χ0v) is 9.56. The molecule has 0 bridgehead atoms. The molecule has 3 rings (SSSR count). The van der Waals surface area contributed by atoms with Crippen LogP contribution in [-0.4, -0.2) is 23.7 Å². The molecule has 0 aliphatic carbocycles. The lowest BCUT2D eigenvalue weighted by Crippen LogP contribution is -2.27. The number of ether oxygens (including phenoxy) is 1. The monoisotopic (exact) mass is 228 g/mol. The minimum atomic E-state index is 0.100. The molecule has 1 aromatic carbocycles. The van der Waals surface area contributed by atoms with Gasteiger partial charge in [0.25, 0.3) is 0 Å². The van der Waals surface area contributed by atoms with Crippen LogP contribution in [0, 0.1) is 12.0 Å². The first kappa shape index (κ1) is 10.5. The van der Waals surface area contributed by atoms with Crippen LogP contribution in [0.2, 0.25) is 0 Å². The van der Waals surface area contributed by atoms with Crippen molar-refractivity contribution in [3.05, 3.63) is 36.5 Å². The Morgan fingerprint density at radius 2 is 2.18 bits per heavy atom. The van der Waals surface area contributed by atoms with Crippen LogP contribution in [0.3, 0.4) is 0 Å². The van der Waals surface area contributed by atoms with Crippen molar-refractivity contribution in [2.45, 2.75) is 12.8 Å². The van der Waals surface area contributed by atoms with Crippen molar-refractivity contribution in [1.82, 2.24) is 4.57 Å². The van der Waals surface area contributed by atoms with Gasteiger partial charge in [-0.2, -0.15) is 0 Å². The lowest BCUT2D eigenvalue weighted by atomic mass is 9.99. The van der Waals surface area contributed by atoms with Gasteiger partial charge in [0.1, 0.15) is 0 Å². The highest BCUT2D eigenvalue weighted by Crippen LogP contribution is 2.21. The number of hydrogen-bond acceptors (Lipinski definition) is 2. The smallest absolute Gasteiger partial charge is 0.234 e. The van der Waals surface area contributed by atoms with E-state index in [1.807, 2.05) is 30.5 Å². The molecule has 2 heterocycles. The summed E-state index contributed by atoms with van der Waals surface area (Å²) < 4.78 is 7.05. The summed E-state index contributed by atoms with van der Waals surface area (Å²) in [6.07, 6.45) is 3.52. The van der Waals surface area contributed by atoms with Crippen LogP contribution in [-0.2, 0) is 4.74 Å². The number of aromatic nitrogens is 1. The maximum Gasteiger partial charge on any atom is 0.234 e. The van der Waals surface area contributed by atoms with Gasteiger partial charge >= 0.3 is 0 Å². The minimum absolute atomic E-state index is 0.100. The van der Waals surface area contributed by atoms with Gasteiger partial charge in [0, 0.05) is 30.7 Å². The number of fused-ring (bicyclic) bond motifs is 1. The summed E-state index contributed by atoms with van der Waals surface area (Å²) in [5.74, 6) is 0.290. The maximum atomic E-state index is 12.4. The van der Waals surface area contributed by atoms with E-state index in [4.69, 9.17) is 4.74 Å². The van der Waals surface area contributed by atoms with Gasteiger partial charge in [-0.05, 0) is 37.1 Å². The van der Waals surface area contributed by atoms with Crippen LogP contribution >= 0.6 is 0 Å². The Kier molecular flexibility index (Phi) is 2.69. The van der Waals surface area contributed by atoms with Crippen LogP contribution in [0.25, 0.3) is 10.9 Å². The predicted octanol–water partition coefficient (Wildman–Crippen LogP) is 2.51. The molecule has 17 heavy (non-hydrogen) atoms. The Bertz CT molecular complexity index is 538. The van der Waals surface area contributed by atoms with Gasteiger partial charge in [0.15, 0.2) is 0 Å². The Labute approximate surface area is 100.0 Å². The predicted molar refractivity (Wildman–Crippen MR) is 64.9 cm³/mol. The summed E-state index contributed by atoms with van der Waals surface area (Å²) in [5.41, 5.74) is 0.972. The highest BCUT2D eigenvalue weighted by Gasteiger charge is 2.23. The molecule has 1 radical (unpaired) electrons. The van der Waals surface area contributed by atoms with Gasteiger partial charge in [-0.3, -0.25) is 9.36 Å². The Hall–Kier alpha value is -1.61. The molecule has 2 aromatic rings. The van der Waals surface area contributed by atoms with Crippen LogP contribution < -0.4 is 0 Å². The third-order valence-electron chi connectivity index (χ3n) is 3.34. The zero-order valence-electron chi connectivity index (χ0n) is 9.56. The van der Waals surface area contributed by atoms with E-state index in [2.05, 4.69) is 6.07 Å². The molecule has 0 saturated carbocycles. The Morgan fingerprint density at radius 1 is 1.35 bits per heavy atom. The number of hydrogen-bond donors (Lipinski definition) is 0. The van der Waals surface area contributed by atoms with E-state index >= 15 is 0 Å². The first-order chi connectivity index (χ1) is 8.36. The summed E-state index contributed by atoms with van der Waals surface area (Å²) >= 11 is 0. The number of benzene rings is 1. The fraction of sp³-hybridized carbons (Fsp3) is 0.357. The highest BCUT2D eigenvalue weighted by molar-refractivity contribution is 5.93. The van der Waals surface area contributed by atoms with Gasteiger partial charge in [-0.15, -0.1) is 0 Å². The summed E-state index contributed by atoms with van der Waals surface area (Å²) in [5, 5.41) is 1.06. The summed E-state index contributed by atoms with van der Waals surface area (Å²) in [7, 11) is 0. The number of carbonyl (C=O) groups excluding carboxylic acids is 1. The van der Waals surface area contributed by atoms with Crippen LogP contribution in [0.5, 0.6) is 0 Å². The second-order valence-corrected chi connectivity index (χ2v) is 4.40. The van der Waals surface area contributed by atoms with Crippen LogP contribution in [0.15, 0.2) is 30.5 Å². The second kappa shape index (κ2) is 4.34. The summed E-state index contributed by atoms with van der Waals surface area (Å²) in [6.45, 7) is 1.40. The van der Waals surface area contributed by atoms with Gasteiger partial charge in [-0.25, -0.2) is 0 Å². The minimum Gasteiger partial charge on any atom is -0.381 e. The third kappa shape index (κ3) is 1.87. The molecule has 1 fully saturated rings. The van der Waals surface area contributed by atoms with Gasteiger partial charge in [0.05, 0.1) is 5.52 Å². The SMILES string of the molecule is O=C(C1CCOCC1)n1ccc2c[c]ccc21. The van der Waals surface area contributed by atoms with Gasteiger partial charge in [-0.1, -0.05) is 6.07 Å². The standard InChI is InChI=1S/C14H14NO2/c16-14(12-6-9-17-10-7-12)15-8-5-11-3-1-2-4-13(11)15/h2-5,8,12H,6-7,9-10H2. The number of nitrogens with zero attached hydrogens (tertiary/aromatic N) is 1. The van der Waals surface area contributed by atoms with E-state index in [0.29, 0.717) is 13.2 Å². The lowest BCUT2D eigenvalue weighted by molar-refractivity contribution is 0.0490. The average Bonchev–Trinajstić information content (AvgIpc) is 2.83. The molecular formula is C14H14NO2. The first-order valence-electron chi connectivity index (χ1n) is 5.95. The molecule has 1 saturated heterocycles. The summed E-state index contributed by atoms with van der Waals surface area (Å²) in [4.78, 5) is 12.4. The molecule has 0 spiro atoms. The largest absolute Gasteiger partial charge is 0.381 e. The molecule has 0 atom stereocenters. The van der Waals surface area contributed by atoms with Crippen molar-refractivity contribution < 1.29 is 9.53 Å². The van der Waals surface area contributed by atoms with E-state index in [0.717, 1.165) is 23.7 Å².